The number of anilines is 1. The van der Waals surface area contributed by atoms with Crippen LogP contribution in [0.4, 0.5) is 5.69 Å². The number of halogens is 2. The summed E-state index contributed by atoms with van der Waals surface area (Å²) >= 11 is 18.0. The van der Waals surface area contributed by atoms with Gasteiger partial charge in [-0.15, -0.1) is 0 Å². The summed E-state index contributed by atoms with van der Waals surface area (Å²) in [6.45, 7) is 8.71. The third kappa shape index (κ3) is 7.51. The van der Waals surface area contributed by atoms with Crippen molar-refractivity contribution in [1.82, 2.24) is 9.80 Å². The number of para-hydroxylation sites is 1. The Morgan fingerprint density at radius 1 is 1.16 bits per heavy atom. The summed E-state index contributed by atoms with van der Waals surface area (Å²) in [4.78, 5) is 4.61. The summed E-state index contributed by atoms with van der Waals surface area (Å²) in [5, 5.41) is 4.97. The lowest BCUT2D eigenvalue weighted by Gasteiger charge is -2.30. The molecule has 0 amide bonds. The van der Waals surface area contributed by atoms with Crippen molar-refractivity contribution in [2.24, 2.45) is 0 Å². The van der Waals surface area contributed by atoms with Gasteiger partial charge in [-0.25, -0.2) is 0 Å². The van der Waals surface area contributed by atoms with E-state index in [1.54, 1.807) is 12.1 Å². The molecule has 5 nitrogen and oxygen atoms in total. The van der Waals surface area contributed by atoms with Crippen molar-refractivity contribution in [1.29, 1.82) is 0 Å². The van der Waals surface area contributed by atoms with Crippen LogP contribution >= 0.6 is 35.4 Å². The molecule has 0 unspecified atom stereocenters. The van der Waals surface area contributed by atoms with E-state index in [0.717, 1.165) is 62.8 Å². The summed E-state index contributed by atoms with van der Waals surface area (Å²) in [7, 11) is 0. The van der Waals surface area contributed by atoms with Gasteiger partial charge in [0.15, 0.2) is 5.11 Å². The molecule has 3 rings (SSSR count). The van der Waals surface area contributed by atoms with E-state index in [0.29, 0.717) is 28.3 Å². The van der Waals surface area contributed by atoms with Gasteiger partial charge in [0.05, 0.1) is 29.9 Å². The van der Waals surface area contributed by atoms with Crippen molar-refractivity contribution in [3.8, 4) is 5.75 Å². The van der Waals surface area contributed by atoms with Crippen LogP contribution in [0, 0.1) is 0 Å². The monoisotopic (exact) mass is 481 g/mol. The SMILES string of the molecule is CCOc1ccccc1CN(CCCN1CCOCC1)C(=S)Nc1ccc(Cl)c(Cl)c1. The van der Waals surface area contributed by atoms with E-state index in [-0.39, 0.29) is 0 Å². The highest BCUT2D eigenvalue weighted by Crippen LogP contribution is 2.26. The molecule has 0 aliphatic carbocycles. The van der Waals surface area contributed by atoms with Crippen LogP contribution in [0.2, 0.25) is 10.0 Å². The number of nitrogens with zero attached hydrogens (tertiary/aromatic N) is 2. The molecular formula is C23H29Cl2N3O2S. The lowest BCUT2D eigenvalue weighted by atomic mass is 10.2. The Balaban J connectivity index is 1.69. The molecular weight excluding hydrogens is 453 g/mol. The fourth-order valence-electron chi connectivity index (χ4n) is 3.48. The first kappa shape index (κ1) is 24.1. The average molecular weight is 482 g/mol. The van der Waals surface area contributed by atoms with Crippen LogP contribution in [0.25, 0.3) is 0 Å². The molecule has 1 aliphatic rings. The summed E-state index contributed by atoms with van der Waals surface area (Å²) in [6.07, 6.45) is 1.000. The Hall–Kier alpha value is -1.57. The van der Waals surface area contributed by atoms with Gasteiger partial charge in [-0.2, -0.15) is 0 Å². The fraction of sp³-hybridized carbons (Fsp3) is 0.435. The molecule has 0 saturated carbocycles. The Morgan fingerprint density at radius 2 is 1.94 bits per heavy atom. The number of morpholine rings is 1. The number of hydrogen-bond acceptors (Lipinski definition) is 4. The number of hydrogen-bond donors (Lipinski definition) is 1. The molecule has 0 bridgehead atoms. The Morgan fingerprint density at radius 3 is 2.68 bits per heavy atom. The molecule has 1 fully saturated rings. The van der Waals surface area contributed by atoms with Crippen molar-refractivity contribution in [3.05, 3.63) is 58.1 Å². The molecule has 1 aliphatic heterocycles. The first-order valence-corrected chi connectivity index (χ1v) is 11.7. The van der Waals surface area contributed by atoms with E-state index in [1.807, 2.05) is 31.2 Å². The van der Waals surface area contributed by atoms with E-state index >= 15 is 0 Å². The Labute approximate surface area is 200 Å². The second-order valence-electron chi connectivity index (χ2n) is 7.33. The van der Waals surface area contributed by atoms with Crippen molar-refractivity contribution in [3.63, 3.8) is 0 Å². The highest BCUT2D eigenvalue weighted by atomic mass is 35.5. The number of benzene rings is 2. The van der Waals surface area contributed by atoms with Gasteiger partial charge >= 0.3 is 0 Å². The molecule has 31 heavy (non-hydrogen) atoms. The van der Waals surface area contributed by atoms with E-state index in [1.165, 1.54) is 0 Å². The summed E-state index contributed by atoms with van der Waals surface area (Å²) in [5.41, 5.74) is 1.92. The van der Waals surface area contributed by atoms with Crippen LogP contribution in [0.15, 0.2) is 42.5 Å². The second kappa shape index (κ2) is 12.5. The van der Waals surface area contributed by atoms with Crippen LogP contribution in [-0.4, -0.2) is 60.9 Å². The first-order chi connectivity index (χ1) is 15.1. The van der Waals surface area contributed by atoms with Gasteiger partial charge in [0.25, 0.3) is 0 Å². The first-order valence-electron chi connectivity index (χ1n) is 10.6. The zero-order valence-electron chi connectivity index (χ0n) is 17.8. The maximum Gasteiger partial charge on any atom is 0.173 e. The lowest BCUT2D eigenvalue weighted by molar-refractivity contribution is 0.0367. The van der Waals surface area contributed by atoms with E-state index in [2.05, 4.69) is 21.2 Å². The van der Waals surface area contributed by atoms with E-state index in [9.17, 15) is 0 Å². The third-order valence-corrected chi connectivity index (χ3v) is 6.20. The quantitative estimate of drug-likeness (QED) is 0.488. The van der Waals surface area contributed by atoms with Crippen LogP contribution < -0.4 is 10.1 Å². The highest BCUT2D eigenvalue weighted by molar-refractivity contribution is 7.80. The minimum atomic E-state index is 0.495. The van der Waals surface area contributed by atoms with E-state index in [4.69, 9.17) is 44.9 Å². The predicted octanol–water partition coefficient (Wildman–Crippen LogP) is 5.31. The van der Waals surface area contributed by atoms with Gasteiger partial charge in [0, 0.05) is 44.0 Å². The number of thiocarbonyl (C=S) groups is 1. The van der Waals surface area contributed by atoms with Crippen molar-refractivity contribution in [2.75, 3.05) is 51.3 Å². The maximum absolute atomic E-state index is 6.17. The number of nitrogens with one attached hydrogen (secondary N) is 1. The van der Waals surface area contributed by atoms with E-state index < -0.39 is 0 Å². The molecule has 1 heterocycles. The van der Waals surface area contributed by atoms with Gasteiger partial charge in [-0.3, -0.25) is 4.90 Å². The molecule has 0 spiro atoms. The topological polar surface area (TPSA) is 37.0 Å². The molecule has 0 atom stereocenters. The minimum absolute atomic E-state index is 0.495. The fourth-order valence-corrected chi connectivity index (χ4v) is 4.05. The second-order valence-corrected chi connectivity index (χ2v) is 8.53. The summed E-state index contributed by atoms with van der Waals surface area (Å²) in [6, 6.07) is 13.5. The minimum Gasteiger partial charge on any atom is -0.494 e. The normalized spacial score (nSPS) is 14.3. The van der Waals surface area contributed by atoms with Crippen molar-refractivity contribution < 1.29 is 9.47 Å². The Bertz CT molecular complexity index is 862. The zero-order valence-corrected chi connectivity index (χ0v) is 20.1. The highest BCUT2D eigenvalue weighted by Gasteiger charge is 2.16. The molecule has 2 aromatic carbocycles. The van der Waals surface area contributed by atoms with Gasteiger partial charge in [-0.05, 0) is 49.8 Å². The van der Waals surface area contributed by atoms with Gasteiger partial charge in [-0.1, -0.05) is 41.4 Å². The van der Waals surface area contributed by atoms with Gasteiger partial charge < -0.3 is 19.7 Å². The van der Waals surface area contributed by atoms with Gasteiger partial charge in [0.1, 0.15) is 5.75 Å². The van der Waals surface area contributed by atoms with Crippen LogP contribution in [0.5, 0.6) is 5.75 Å². The predicted molar refractivity (Wildman–Crippen MR) is 133 cm³/mol. The molecule has 0 radical (unpaired) electrons. The van der Waals surface area contributed by atoms with Gasteiger partial charge in [0.2, 0.25) is 0 Å². The lowest BCUT2D eigenvalue weighted by Crippen LogP contribution is -2.40. The summed E-state index contributed by atoms with van der Waals surface area (Å²) < 4.78 is 11.3. The maximum atomic E-state index is 6.17. The van der Waals surface area contributed by atoms with Crippen molar-refractivity contribution >= 4 is 46.2 Å². The standard InChI is InChI=1S/C23H29Cl2N3O2S/c1-2-30-22-7-4-3-6-18(22)17-28(11-5-10-27-12-14-29-15-13-27)23(31)26-19-8-9-20(24)21(25)16-19/h3-4,6-9,16H,2,5,10-15,17H2,1H3,(H,26,31). The van der Waals surface area contributed by atoms with Crippen LogP contribution in [0.3, 0.4) is 0 Å². The van der Waals surface area contributed by atoms with Crippen LogP contribution in [0.1, 0.15) is 18.9 Å². The molecule has 8 heteroatoms. The summed E-state index contributed by atoms with van der Waals surface area (Å²) in [5.74, 6) is 0.889. The van der Waals surface area contributed by atoms with Crippen molar-refractivity contribution in [2.45, 2.75) is 19.9 Å². The smallest absolute Gasteiger partial charge is 0.173 e. The molecule has 168 valence electrons. The zero-order chi connectivity index (χ0) is 22.1. The molecule has 0 aromatic heterocycles. The Kier molecular flexibility index (Phi) is 9.68. The third-order valence-electron chi connectivity index (χ3n) is 5.10. The average Bonchev–Trinajstić information content (AvgIpc) is 2.77. The largest absolute Gasteiger partial charge is 0.494 e. The molecule has 1 N–H and O–H groups in total. The molecule has 1 saturated heterocycles. The molecule has 2 aromatic rings. The number of ether oxygens (including phenoxy) is 2. The number of rotatable bonds is 9. The van der Waals surface area contributed by atoms with Crippen LogP contribution in [-0.2, 0) is 11.3 Å².